The molecule has 96 valence electrons. The molecule has 1 fully saturated rings. The molecule has 0 saturated carbocycles. The Morgan fingerprint density at radius 2 is 2.17 bits per heavy atom. The first-order valence-electron chi connectivity index (χ1n) is 6.40. The van der Waals surface area contributed by atoms with E-state index in [9.17, 15) is 0 Å². The van der Waals surface area contributed by atoms with E-state index in [1.807, 2.05) is 11.8 Å². The Balaban J connectivity index is 1.72. The van der Waals surface area contributed by atoms with Crippen molar-refractivity contribution in [1.29, 1.82) is 0 Å². The summed E-state index contributed by atoms with van der Waals surface area (Å²) in [5.41, 5.74) is 2.53. The first-order valence-corrected chi connectivity index (χ1v) is 7.38. The Morgan fingerprint density at radius 3 is 2.94 bits per heavy atom. The first-order chi connectivity index (χ1) is 8.76. The maximum atomic E-state index is 5.43. The van der Waals surface area contributed by atoms with E-state index < -0.39 is 0 Å². The highest BCUT2D eigenvalue weighted by atomic mass is 32.2. The van der Waals surface area contributed by atoms with Gasteiger partial charge in [0.2, 0.25) is 0 Å². The molecule has 3 nitrogen and oxygen atoms in total. The maximum Gasteiger partial charge on any atom is 0.161 e. The summed E-state index contributed by atoms with van der Waals surface area (Å²) >= 11 is 1.83. The smallest absolute Gasteiger partial charge is 0.161 e. The van der Waals surface area contributed by atoms with Crippen molar-refractivity contribution in [1.82, 2.24) is 0 Å². The number of rotatable bonds is 1. The predicted molar refractivity (Wildman–Crippen MR) is 77.5 cm³/mol. The molecule has 1 aromatic rings. The number of anilines is 1. The number of nitrogens with one attached hydrogen (secondary N) is 1. The molecule has 1 saturated heterocycles. The highest BCUT2D eigenvalue weighted by Crippen LogP contribution is 2.36. The van der Waals surface area contributed by atoms with Crippen molar-refractivity contribution in [3.63, 3.8) is 0 Å². The summed E-state index contributed by atoms with van der Waals surface area (Å²) in [4.78, 5) is 4.89. The third-order valence-corrected chi connectivity index (χ3v) is 4.66. The summed E-state index contributed by atoms with van der Waals surface area (Å²) < 4.78 is 5.43. The molecule has 0 atom stereocenters. The zero-order valence-electron chi connectivity index (χ0n) is 10.6. The van der Waals surface area contributed by atoms with Crippen LogP contribution in [0.25, 0.3) is 0 Å². The molecule has 0 bridgehead atoms. The quantitative estimate of drug-likeness (QED) is 0.844. The number of amidine groups is 1. The molecule has 1 N–H and O–H groups in total. The summed E-state index contributed by atoms with van der Waals surface area (Å²) in [7, 11) is 0. The monoisotopic (exact) mass is 262 g/mol. The Morgan fingerprint density at radius 1 is 1.33 bits per heavy atom. The van der Waals surface area contributed by atoms with Crippen molar-refractivity contribution in [2.24, 2.45) is 4.99 Å². The van der Waals surface area contributed by atoms with Gasteiger partial charge >= 0.3 is 0 Å². The van der Waals surface area contributed by atoms with Gasteiger partial charge in [0.15, 0.2) is 5.17 Å². The SMILES string of the molecule is Cc1cccc(NC2=NC3(CCOCC3)CS2)c1. The average molecular weight is 262 g/mol. The molecule has 0 radical (unpaired) electrons. The fourth-order valence-electron chi connectivity index (χ4n) is 2.40. The molecule has 1 spiro atoms. The normalized spacial score (nSPS) is 21.9. The average Bonchev–Trinajstić information content (AvgIpc) is 2.73. The summed E-state index contributed by atoms with van der Waals surface area (Å²) in [6.45, 7) is 3.80. The van der Waals surface area contributed by atoms with E-state index in [1.165, 1.54) is 5.56 Å². The largest absolute Gasteiger partial charge is 0.381 e. The highest BCUT2D eigenvalue weighted by Gasteiger charge is 2.37. The molecule has 2 heterocycles. The third-order valence-electron chi connectivity index (χ3n) is 3.51. The van der Waals surface area contributed by atoms with Crippen molar-refractivity contribution in [2.75, 3.05) is 24.3 Å². The van der Waals surface area contributed by atoms with Crippen molar-refractivity contribution in [3.05, 3.63) is 29.8 Å². The lowest BCUT2D eigenvalue weighted by molar-refractivity contribution is 0.0624. The lowest BCUT2D eigenvalue weighted by Gasteiger charge is -2.29. The summed E-state index contributed by atoms with van der Waals surface area (Å²) in [5.74, 6) is 1.09. The van der Waals surface area contributed by atoms with E-state index in [2.05, 4.69) is 36.5 Å². The number of nitrogens with zero attached hydrogens (tertiary/aromatic N) is 1. The number of benzene rings is 1. The second-order valence-electron chi connectivity index (χ2n) is 5.04. The summed E-state index contributed by atoms with van der Waals surface area (Å²) in [5, 5.41) is 4.48. The molecule has 2 aliphatic heterocycles. The van der Waals surface area contributed by atoms with E-state index in [0.717, 1.165) is 42.7 Å². The van der Waals surface area contributed by atoms with Crippen LogP contribution in [-0.4, -0.2) is 29.7 Å². The van der Waals surface area contributed by atoms with Gasteiger partial charge in [0, 0.05) is 24.7 Å². The van der Waals surface area contributed by atoms with Crippen molar-refractivity contribution >= 4 is 22.6 Å². The van der Waals surface area contributed by atoms with Crippen molar-refractivity contribution in [2.45, 2.75) is 25.3 Å². The number of hydrogen-bond donors (Lipinski definition) is 1. The second-order valence-corrected chi connectivity index (χ2v) is 6.00. The molecule has 0 aliphatic carbocycles. The molecule has 1 aromatic carbocycles. The van der Waals surface area contributed by atoms with Crippen LogP contribution >= 0.6 is 11.8 Å². The molecule has 3 rings (SSSR count). The van der Waals surface area contributed by atoms with Crippen LogP contribution < -0.4 is 5.32 Å². The lowest BCUT2D eigenvalue weighted by atomic mass is 9.93. The van der Waals surface area contributed by atoms with Crippen LogP contribution in [0, 0.1) is 6.92 Å². The van der Waals surface area contributed by atoms with Gasteiger partial charge in [0.05, 0.1) is 5.54 Å². The minimum atomic E-state index is 0.134. The van der Waals surface area contributed by atoms with E-state index in [-0.39, 0.29) is 5.54 Å². The van der Waals surface area contributed by atoms with E-state index in [1.54, 1.807) is 0 Å². The molecular weight excluding hydrogens is 244 g/mol. The van der Waals surface area contributed by atoms with Gasteiger partial charge in [-0.2, -0.15) is 0 Å². The van der Waals surface area contributed by atoms with Crippen LogP contribution in [0.2, 0.25) is 0 Å². The third kappa shape index (κ3) is 2.54. The van der Waals surface area contributed by atoms with Gasteiger partial charge in [-0.1, -0.05) is 23.9 Å². The van der Waals surface area contributed by atoms with Crippen LogP contribution in [-0.2, 0) is 4.74 Å². The Labute approximate surface area is 112 Å². The second kappa shape index (κ2) is 4.94. The van der Waals surface area contributed by atoms with E-state index in [4.69, 9.17) is 9.73 Å². The van der Waals surface area contributed by atoms with Gasteiger partial charge in [-0.3, -0.25) is 4.99 Å². The first kappa shape index (κ1) is 12.1. The Bertz CT molecular complexity index is 467. The Kier molecular flexibility index (Phi) is 3.31. The van der Waals surface area contributed by atoms with Crippen LogP contribution in [0.1, 0.15) is 18.4 Å². The molecule has 4 heteroatoms. The standard InChI is InChI=1S/C14H18N2OS/c1-11-3-2-4-12(9-11)15-13-16-14(10-18-13)5-7-17-8-6-14/h2-4,9H,5-8,10H2,1H3,(H,15,16). The molecule has 0 amide bonds. The number of ether oxygens (including phenoxy) is 1. The summed E-state index contributed by atoms with van der Waals surface area (Å²) in [6.07, 6.45) is 2.11. The van der Waals surface area contributed by atoms with Crippen LogP contribution in [0.5, 0.6) is 0 Å². The fourth-order valence-corrected chi connectivity index (χ4v) is 3.61. The highest BCUT2D eigenvalue weighted by molar-refractivity contribution is 8.14. The number of thioether (sulfide) groups is 1. The zero-order valence-corrected chi connectivity index (χ0v) is 11.4. The minimum absolute atomic E-state index is 0.134. The zero-order chi connectivity index (χ0) is 12.4. The fraction of sp³-hybridized carbons (Fsp3) is 0.500. The molecular formula is C14H18N2OS. The van der Waals surface area contributed by atoms with Gasteiger partial charge in [-0.05, 0) is 37.5 Å². The molecule has 18 heavy (non-hydrogen) atoms. The van der Waals surface area contributed by atoms with Gasteiger partial charge in [0.25, 0.3) is 0 Å². The van der Waals surface area contributed by atoms with Crippen LogP contribution in [0.3, 0.4) is 0 Å². The predicted octanol–water partition coefficient (Wildman–Crippen LogP) is 3.06. The van der Waals surface area contributed by atoms with Crippen molar-refractivity contribution in [3.8, 4) is 0 Å². The van der Waals surface area contributed by atoms with Gasteiger partial charge < -0.3 is 10.1 Å². The lowest BCUT2D eigenvalue weighted by Crippen LogP contribution is -2.34. The van der Waals surface area contributed by atoms with Crippen molar-refractivity contribution < 1.29 is 4.74 Å². The molecule has 2 aliphatic rings. The number of aryl methyl sites for hydroxylation is 1. The topological polar surface area (TPSA) is 33.6 Å². The minimum Gasteiger partial charge on any atom is -0.381 e. The summed E-state index contributed by atoms with van der Waals surface area (Å²) in [6, 6.07) is 8.42. The van der Waals surface area contributed by atoms with Gasteiger partial charge in [0.1, 0.15) is 0 Å². The molecule has 0 aromatic heterocycles. The Hall–Kier alpha value is -1.00. The van der Waals surface area contributed by atoms with Gasteiger partial charge in [-0.15, -0.1) is 0 Å². The molecule has 0 unspecified atom stereocenters. The number of aliphatic imine (C=N–C) groups is 1. The van der Waals surface area contributed by atoms with Gasteiger partial charge in [-0.25, -0.2) is 0 Å². The van der Waals surface area contributed by atoms with E-state index in [0.29, 0.717) is 0 Å². The van der Waals surface area contributed by atoms with Crippen LogP contribution in [0.15, 0.2) is 29.3 Å². The van der Waals surface area contributed by atoms with E-state index >= 15 is 0 Å². The maximum absolute atomic E-state index is 5.43. The van der Waals surface area contributed by atoms with Crippen LogP contribution in [0.4, 0.5) is 5.69 Å². The number of hydrogen-bond acceptors (Lipinski definition) is 4.